The van der Waals surface area contributed by atoms with Crippen LogP contribution >= 0.6 is 0 Å². The molecule has 0 aliphatic carbocycles. The Morgan fingerprint density at radius 3 is 2.70 bits per heavy atom. The van der Waals surface area contributed by atoms with E-state index in [-0.39, 0.29) is 5.54 Å². The number of nitrogens with zero attached hydrogens (tertiary/aromatic N) is 1. The van der Waals surface area contributed by atoms with Crippen molar-refractivity contribution in [1.29, 1.82) is 0 Å². The lowest BCUT2D eigenvalue weighted by atomic mass is 9.86. The van der Waals surface area contributed by atoms with E-state index in [2.05, 4.69) is 28.4 Å². The van der Waals surface area contributed by atoms with E-state index < -0.39 is 0 Å². The molecule has 152 valence electrons. The van der Waals surface area contributed by atoms with Gasteiger partial charge in [-0.3, -0.25) is 4.90 Å². The lowest BCUT2D eigenvalue weighted by Crippen LogP contribution is -2.59. The highest BCUT2D eigenvalue weighted by Crippen LogP contribution is 2.30. The first-order chi connectivity index (χ1) is 13.3. The first kappa shape index (κ1) is 20.6. The van der Waals surface area contributed by atoms with Crippen molar-refractivity contribution in [1.82, 2.24) is 10.2 Å². The normalized spacial score (nSPS) is 20.5. The van der Waals surface area contributed by atoms with E-state index in [4.69, 9.17) is 14.2 Å². The maximum atomic E-state index is 5.83. The molecule has 5 heteroatoms. The Balaban J connectivity index is 1.50. The van der Waals surface area contributed by atoms with Crippen molar-refractivity contribution in [2.75, 3.05) is 53.2 Å². The summed E-state index contributed by atoms with van der Waals surface area (Å²) in [6.45, 7) is 7.62. The molecule has 0 saturated carbocycles. The van der Waals surface area contributed by atoms with Gasteiger partial charge in [-0.25, -0.2) is 0 Å². The van der Waals surface area contributed by atoms with Crippen LogP contribution in [0.2, 0.25) is 0 Å². The molecule has 0 spiro atoms. The minimum Gasteiger partial charge on any atom is -0.493 e. The number of piperidine rings is 1. The molecule has 0 bridgehead atoms. The van der Waals surface area contributed by atoms with E-state index in [1.54, 1.807) is 7.11 Å². The zero-order chi connectivity index (χ0) is 18.8. The van der Waals surface area contributed by atoms with Gasteiger partial charge in [0.15, 0.2) is 0 Å². The van der Waals surface area contributed by atoms with Gasteiger partial charge >= 0.3 is 0 Å². The smallest absolute Gasteiger partial charge is 0.119 e. The van der Waals surface area contributed by atoms with Crippen LogP contribution in [0.3, 0.4) is 0 Å². The van der Waals surface area contributed by atoms with E-state index in [1.807, 2.05) is 6.07 Å². The summed E-state index contributed by atoms with van der Waals surface area (Å²) in [6, 6.07) is 8.44. The molecule has 2 aliphatic rings. The van der Waals surface area contributed by atoms with Crippen molar-refractivity contribution in [3.05, 3.63) is 29.8 Å². The van der Waals surface area contributed by atoms with Gasteiger partial charge in [0.05, 0.1) is 6.61 Å². The highest BCUT2D eigenvalue weighted by molar-refractivity contribution is 5.28. The number of methoxy groups -OCH3 is 1. The van der Waals surface area contributed by atoms with Gasteiger partial charge in [0.25, 0.3) is 0 Å². The summed E-state index contributed by atoms with van der Waals surface area (Å²) in [5.74, 6) is 0.946. The summed E-state index contributed by atoms with van der Waals surface area (Å²) in [5.41, 5.74) is 1.55. The maximum Gasteiger partial charge on any atom is 0.119 e. The number of hydrogen-bond acceptors (Lipinski definition) is 5. The Bertz CT molecular complexity index is 540. The molecule has 0 amide bonds. The number of nitrogens with one attached hydrogen (secondary N) is 1. The Hall–Kier alpha value is -1.14. The Labute approximate surface area is 164 Å². The van der Waals surface area contributed by atoms with E-state index in [0.29, 0.717) is 6.61 Å². The van der Waals surface area contributed by atoms with Gasteiger partial charge in [-0.2, -0.15) is 0 Å². The van der Waals surface area contributed by atoms with Gasteiger partial charge in [0.1, 0.15) is 5.75 Å². The number of ether oxygens (including phenoxy) is 3. The van der Waals surface area contributed by atoms with Gasteiger partial charge in [-0.15, -0.1) is 0 Å². The molecule has 2 fully saturated rings. The third-order valence-electron chi connectivity index (χ3n) is 5.89. The number of hydrogen-bond donors (Lipinski definition) is 1. The highest BCUT2D eigenvalue weighted by Gasteiger charge is 2.38. The lowest BCUT2D eigenvalue weighted by molar-refractivity contribution is -0.0358. The molecule has 0 aromatic heterocycles. The molecule has 2 heterocycles. The van der Waals surface area contributed by atoms with E-state index in [9.17, 15) is 0 Å². The van der Waals surface area contributed by atoms with Crippen LogP contribution in [0.15, 0.2) is 24.3 Å². The van der Waals surface area contributed by atoms with Crippen LogP contribution < -0.4 is 10.1 Å². The zero-order valence-corrected chi connectivity index (χ0v) is 16.9. The number of rotatable bonds is 10. The summed E-state index contributed by atoms with van der Waals surface area (Å²) in [4.78, 5) is 2.74. The quantitative estimate of drug-likeness (QED) is 0.635. The molecule has 0 unspecified atom stereocenters. The van der Waals surface area contributed by atoms with Crippen LogP contribution in [0.4, 0.5) is 0 Å². The Kier molecular flexibility index (Phi) is 8.39. The Morgan fingerprint density at radius 2 is 1.93 bits per heavy atom. The minimum absolute atomic E-state index is 0.271. The predicted octanol–water partition coefficient (Wildman–Crippen LogP) is 3.23. The molecule has 1 N–H and O–H groups in total. The summed E-state index contributed by atoms with van der Waals surface area (Å²) in [6.07, 6.45) is 7.26. The average Bonchev–Trinajstić information content (AvgIpc) is 2.73. The largest absolute Gasteiger partial charge is 0.493 e. The summed E-state index contributed by atoms with van der Waals surface area (Å²) >= 11 is 0. The van der Waals surface area contributed by atoms with Gasteiger partial charge in [0.2, 0.25) is 0 Å². The molecule has 1 aromatic rings. The average molecular weight is 377 g/mol. The predicted molar refractivity (Wildman–Crippen MR) is 108 cm³/mol. The van der Waals surface area contributed by atoms with Crippen molar-refractivity contribution in [3.8, 4) is 5.75 Å². The molecule has 0 radical (unpaired) electrons. The monoisotopic (exact) mass is 376 g/mol. The van der Waals surface area contributed by atoms with Gasteiger partial charge < -0.3 is 19.5 Å². The lowest BCUT2D eigenvalue weighted by Gasteiger charge is -2.48. The SMILES string of the molecule is COCCCOc1cccc(CNCC2(N3CCCCC3)CCOCC2)c1. The fourth-order valence-electron chi connectivity index (χ4n) is 4.30. The number of benzene rings is 1. The second kappa shape index (κ2) is 11.0. The molecule has 1 aromatic carbocycles. The second-order valence-corrected chi connectivity index (χ2v) is 7.83. The molecule has 5 nitrogen and oxygen atoms in total. The maximum absolute atomic E-state index is 5.83. The topological polar surface area (TPSA) is 43.0 Å². The van der Waals surface area contributed by atoms with Crippen molar-refractivity contribution in [2.45, 2.75) is 50.6 Å². The third-order valence-corrected chi connectivity index (χ3v) is 5.89. The van der Waals surface area contributed by atoms with Gasteiger partial charge in [-0.05, 0) is 56.5 Å². The van der Waals surface area contributed by atoms with Crippen molar-refractivity contribution in [2.24, 2.45) is 0 Å². The van der Waals surface area contributed by atoms with Crippen LogP contribution in [0.1, 0.15) is 44.1 Å². The van der Waals surface area contributed by atoms with Crippen LogP contribution in [-0.2, 0) is 16.0 Å². The van der Waals surface area contributed by atoms with Gasteiger partial charge in [-0.1, -0.05) is 18.6 Å². The molecule has 27 heavy (non-hydrogen) atoms. The molecule has 2 aliphatic heterocycles. The van der Waals surface area contributed by atoms with Crippen molar-refractivity contribution >= 4 is 0 Å². The third kappa shape index (κ3) is 6.18. The molecular formula is C22H36N2O3. The summed E-state index contributed by atoms with van der Waals surface area (Å²) < 4.78 is 16.6. The van der Waals surface area contributed by atoms with Crippen LogP contribution in [0.25, 0.3) is 0 Å². The summed E-state index contributed by atoms with van der Waals surface area (Å²) in [7, 11) is 1.72. The van der Waals surface area contributed by atoms with Crippen LogP contribution in [-0.4, -0.2) is 63.6 Å². The molecular weight excluding hydrogens is 340 g/mol. The molecule has 2 saturated heterocycles. The highest BCUT2D eigenvalue weighted by atomic mass is 16.5. The standard InChI is InChI=1S/C22H36N2O3/c1-25-13-6-14-27-21-8-5-7-20(17-21)18-23-19-22(9-15-26-16-10-22)24-11-3-2-4-12-24/h5,7-8,17,23H,2-4,6,9-16,18-19H2,1H3. The van der Waals surface area contributed by atoms with E-state index in [0.717, 1.165) is 57.9 Å². The zero-order valence-electron chi connectivity index (χ0n) is 16.9. The van der Waals surface area contributed by atoms with Crippen LogP contribution in [0, 0.1) is 0 Å². The van der Waals surface area contributed by atoms with Gasteiger partial charge in [0, 0.05) is 52.0 Å². The fourth-order valence-corrected chi connectivity index (χ4v) is 4.30. The van der Waals surface area contributed by atoms with E-state index >= 15 is 0 Å². The van der Waals surface area contributed by atoms with Crippen LogP contribution in [0.5, 0.6) is 5.75 Å². The second-order valence-electron chi connectivity index (χ2n) is 7.83. The fraction of sp³-hybridized carbons (Fsp3) is 0.727. The molecule has 3 rings (SSSR count). The summed E-state index contributed by atoms with van der Waals surface area (Å²) in [5, 5.41) is 3.74. The van der Waals surface area contributed by atoms with E-state index in [1.165, 1.54) is 37.9 Å². The minimum atomic E-state index is 0.271. The molecule has 0 atom stereocenters. The van der Waals surface area contributed by atoms with Crippen molar-refractivity contribution < 1.29 is 14.2 Å². The Morgan fingerprint density at radius 1 is 1.11 bits per heavy atom. The first-order valence-corrected chi connectivity index (χ1v) is 10.6. The first-order valence-electron chi connectivity index (χ1n) is 10.6. The van der Waals surface area contributed by atoms with Crippen molar-refractivity contribution in [3.63, 3.8) is 0 Å². The number of likely N-dealkylation sites (tertiary alicyclic amines) is 1.